The average Bonchev–Trinajstić information content (AvgIpc) is 2.63. The minimum atomic E-state index is 0.147. The minimum Gasteiger partial charge on any atom is -0.319 e. The van der Waals surface area contributed by atoms with Crippen molar-refractivity contribution < 1.29 is 0 Å². The summed E-state index contributed by atoms with van der Waals surface area (Å²) in [5, 5.41) is 9.10. The number of imidazole rings is 1. The highest BCUT2D eigenvalue weighted by atomic mass is 15.1. The van der Waals surface area contributed by atoms with Crippen molar-refractivity contribution in [2.45, 2.75) is 33.1 Å². The maximum absolute atomic E-state index is 9.10. The Bertz CT molecular complexity index is 634. The van der Waals surface area contributed by atoms with Crippen LogP contribution in [0, 0.1) is 18.3 Å². The molecule has 0 spiro atoms. The van der Waals surface area contributed by atoms with Crippen LogP contribution >= 0.6 is 0 Å². The van der Waals surface area contributed by atoms with E-state index in [4.69, 9.17) is 5.26 Å². The maximum Gasteiger partial charge on any atom is 0.143 e. The van der Waals surface area contributed by atoms with Gasteiger partial charge in [-0.2, -0.15) is 5.26 Å². The van der Waals surface area contributed by atoms with E-state index < -0.39 is 0 Å². The minimum absolute atomic E-state index is 0.147. The van der Waals surface area contributed by atoms with Gasteiger partial charge in [-0.1, -0.05) is 45.0 Å². The van der Waals surface area contributed by atoms with Crippen LogP contribution in [0.4, 0.5) is 0 Å². The standard InChI is InChI=1S/C16H19N3/c1-11-14(10-17)19(5)15(18-11)12-6-8-13(9-7-12)16(2,3)4/h6-9H,1-5H3. The third-order valence-electron chi connectivity index (χ3n) is 3.38. The molecule has 1 aromatic heterocycles. The van der Waals surface area contributed by atoms with Crippen molar-refractivity contribution in [3.05, 3.63) is 41.2 Å². The molecule has 0 aliphatic carbocycles. The number of nitrogens with zero attached hydrogens (tertiary/aromatic N) is 3. The molecule has 0 amide bonds. The molecule has 0 N–H and O–H groups in total. The molecule has 0 aliphatic rings. The van der Waals surface area contributed by atoms with Crippen molar-refractivity contribution >= 4 is 0 Å². The Kier molecular flexibility index (Phi) is 3.20. The predicted octanol–water partition coefficient (Wildman–Crippen LogP) is 3.56. The summed E-state index contributed by atoms with van der Waals surface area (Å²) >= 11 is 0. The fourth-order valence-electron chi connectivity index (χ4n) is 2.17. The number of hydrogen-bond acceptors (Lipinski definition) is 2. The van der Waals surface area contributed by atoms with Gasteiger partial charge in [0.25, 0.3) is 0 Å². The molecule has 0 atom stereocenters. The molecule has 0 aliphatic heterocycles. The summed E-state index contributed by atoms with van der Waals surface area (Å²) in [6.07, 6.45) is 0. The number of benzene rings is 1. The Morgan fingerprint density at radius 2 is 1.74 bits per heavy atom. The van der Waals surface area contributed by atoms with Gasteiger partial charge < -0.3 is 4.57 Å². The van der Waals surface area contributed by atoms with Gasteiger partial charge in [0.05, 0.1) is 5.69 Å². The van der Waals surface area contributed by atoms with E-state index in [1.807, 2.05) is 18.5 Å². The Balaban J connectivity index is 2.47. The summed E-state index contributed by atoms with van der Waals surface area (Å²) < 4.78 is 1.85. The van der Waals surface area contributed by atoms with E-state index in [0.29, 0.717) is 5.69 Å². The topological polar surface area (TPSA) is 41.6 Å². The molecule has 0 saturated carbocycles. The van der Waals surface area contributed by atoms with Crippen LogP contribution in [-0.4, -0.2) is 9.55 Å². The molecular weight excluding hydrogens is 234 g/mol. The Morgan fingerprint density at radius 1 is 1.16 bits per heavy atom. The Labute approximate surface area is 114 Å². The fourth-order valence-corrected chi connectivity index (χ4v) is 2.17. The molecule has 3 nitrogen and oxygen atoms in total. The van der Waals surface area contributed by atoms with Crippen LogP contribution in [-0.2, 0) is 12.5 Å². The van der Waals surface area contributed by atoms with E-state index in [1.165, 1.54) is 5.56 Å². The quantitative estimate of drug-likeness (QED) is 0.779. The zero-order chi connectivity index (χ0) is 14.2. The van der Waals surface area contributed by atoms with Gasteiger partial charge in [0.2, 0.25) is 0 Å². The normalized spacial score (nSPS) is 11.4. The molecule has 98 valence electrons. The van der Waals surface area contributed by atoms with E-state index in [9.17, 15) is 0 Å². The van der Waals surface area contributed by atoms with E-state index in [0.717, 1.165) is 17.1 Å². The summed E-state index contributed by atoms with van der Waals surface area (Å²) in [6, 6.07) is 10.6. The molecule has 0 saturated heterocycles. The molecule has 3 heteroatoms. The molecule has 0 unspecified atom stereocenters. The van der Waals surface area contributed by atoms with Gasteiger partial charge in [0, 0.05) is 12.6 Å². The van der Waals surface area contributed by atoms with Crippen LogP contribution in [0.1, 0.15) is 37.7 Å². The van der Waals surface area contributed by atoms with E-state index in [-0.39, 0.29) is 5.41 Å². The summed E-state index contributed by atoms with van der Waals surface area (Å²) in [5.74, 6) is 0.842. The van der Waals surface area contributed by atoms with E-state index in [2.05, 4.69) is 56.1 Å². The first-order valence-corrected chi connectivity index (χ1v) is 6.39. The van der Waals surface area contributed by atoms with Crippen molar-refractivity contribution in [3.8, 4) is 17.5 Å². The van der Waals surface area contributed by atoms with Crippen LogP contribution in [0.2, 0.25) is 0 Å². The summed E-state index contributed by atoms with van der Waals surface area (Å²) in [7, 11) is 1.88. The van der Waals surface area contributed by atoms with Crippen LogP contribution in [0.25, 0.3) is 11.4 Å². The van der Waals surface area contributed by atoms with Crippen LogP contribution < -0.4 is 0 Å². The summed E-state index contributed by atoms with van der Waals surface area (Å²) in [6.45, 7) is 8.45. The van der Waals surface area contributed by atoms with Crippen LogP contribution in [0.5, 0.6) is 0 Å². The highest BCUT2D eigenvalue weighted by Gasteiger charge is 2.15. The SMILES string of the molecule is Cc1nc(-c2ccc(C(C)(C)C)cc2)n(C)c1C#N. The second-order valence-electron chi connectivity index (χ2n) is 5.87. The molecule has 1 heterocycles. The predicted molar refractivity (Wildman–Crippen MR) is 76.8 cm³/mol. The molecule has 0 radical (unpaired) electrons. The molecule has 19 heavy (non-hydrogen) atoms. The maximum atomic E-state index is 9.10. The number of hydrogen-bond donors (Lipinski definition) is 0. The zero-order valence-electron chi connectivity index (χ0n) is 12.2. The van der Waals surface area contributed by atoms with Crippen molar-refractivity contribution in [1.82, 2.24) is 9.55 Å². The lowest BCUT2D eigenvalue weighted by Crippen LogP contribution is -2.10. The van der Waals surface area contributed by atoms with E-state index in [1.54, 1.807) is 0 Å². The first kappa shape index (κ1) is 13.4. The molecule has 0 bridgehead atoms. The molecule has 1 aromatic carbocycles. The number of nitriles is 1. The summed E-state index contributed by atoms with van der Waals surface area (Å²) in [4.78, 5) is 4.48. The molecule has 2 aromatic rings. The lowest BCUT2D eigenvalue weighted by molar-refractivity contribution is 0.590. The van der Waals surface area contributed by atoms with Gasteiger partial charge in [-0.05, 0) is 17.9 Å². The van der Waals surface area contributed by atoms with Gasteiger partial charge in [0.1, 0.15) is 17.6 Å². The number of aryl methyl sites for hydroxylation is 1. The van der Waals surface area contributed by atoms with Crippen LogP contribution in [0.3, 0.4) is 0 Å². The van der Waals surface area contributed by atoms with Gasteiger partial charge in [0.15, 0.2) is 0 Å². The zero-order valence-corrected chi connectivity index (χ0v) is 12.2. The highest BCUT2D eigenvalue weighted by Crippen LogP contribution is 2.26. The first-order chi connectivity index (χ1) is 8.84. The Morgan fingerprint density at radius 3 is 2.16 bits per heavy atom. The molecular formula is C16H19N3. The average molecular weight is 253 g/mol. The second-order valence-corrected chi connectivity index (χ2v) is 5.87. The van der Waals surface area contributed by atoms with Crippen molar-refractivity contribution in [3.63, 3.8) is 0 Å². The largest absolute Gasteiger partial charge is 0.319 e. The number of aromatic nitrogens is 2. The van der Waals surface area contributed by atoms with Crippen molar-refractivity contribution in [1.29, 1.82) is 5.26 Å². The second kappa shape index (κ2) is 4.55. The third-order valence-corrected chi connectivity index (χ3v) is 3.38. The van der Waals surface area contributed by atoms with E-state index >= 15 is 0 Å². The molecule has 0 fully saturated rings. The van der Waals surface area contributed by atoms with Crippen LogP contribution in [0.15, 0.2) is 24.3 Å². The smallest absolute Gasteiger partial charge is 0.143 e. The number of rotatable bonds is 1. The van der Waals surface area contributed by atoms with Gasteiger partial charge in [-0.15, -0.1) is 0 Å². The monoisotopic (exact) mass is 253 g/mol. The Hall–Kier alpha value is -2.08. The van der Waals surface area contributed by atoms with Gasteiger partial charge in [-0.3, -0.25) is 0 Å². The van der Waals surface area contributed by atoms with Gasteiger partial charge >= 0.3 is 0 Å². The third kappa shape index (κ3) is 2.39. The summed E-state index contributed by atoms with van der Waals surface area (Å²) in [5.41, 5.74) is 3.88. The van der Waals surface area contributed by atoms with Crippen molar-refractivity contribution in [2.75, 3.05) is 0 Å². The van der Waals surface area contributed by atoms with Crippen molar-refractivity contribution in [2.24, 2.45) is 7.05 Å². The lowest BCUT2D eigenvalue weighted by Gasteiger charge is -2.19. The lowest BCUT2D eigenvalue weighted by atomic mass is 9.87. The first-order valence-electron chi connectivity index (χ1n) is 6.39. The van der Waals surface area contributed by atoms with Gasteiger partial charge in [-0.25, -0.2) is 4.98 Å². The molecule has 2 rings (SSSR count). The highest BCUT2D eigenvalue weighted by molar-refractivity contribution is 5.58. The fraction of sp³-hybridized carbons (Fsp3) is 0.375.